The molecule has 0 bridgehead atoms. The van der Waals surface area contributed by atoms with Gasteiger partial charge >= 0.3 is 11.9 Å². The Morgan fingerprint density at radius 3 is 2.44 bits per heavy atom. The van der Waals surface area contributed by atoms with Crippen LogP contribution in [0.25, 0.3) is 0 Å². The molecule has 0 amide bonds. The second-order valence-corrected chi connectivity index (χ2v) is 6.88. The molecule has 5 nitrogen and oxygen atoms in total. The van der Waals surface area contributed by atoms with Crippen LogP contribution in [-0.2, 0) is 9.53 Å². The zero-order chi connectivity index (χ0) is 18.4. The first-order valence-corrected chi connectivity index (χ1v) is 9.12. The average molecular weight is 493 g/mol. The Bertz CT molecular complexity index is 795. The van der Waals surface area contributed by atoms with E-state index >= 15 is 0 Å². The lowest BCUT2D eigenvalue weighted by Crippen LogP contribution is -2.18. The van der Waals surface area contributed by atoms with Crippen molar-refractivity contribution in [3.63, 3.8) is 0 Å². The SMILES string of the molecule is CCOC(=O)c1ccc(OC(=O)COc2ccc(Br)cc2Cl)c(Br)c1. The van der Waals surface area contributed by atoms with E-state index in [2.05, 4.69) is 31.9 Å². The van der Waals surface area contributed by atoms with Crippen molar-refractivity contribution in [2.45, 2.75) is 6.92 Å². The van der Waals surface area contributed by atoms with Crippen LogP contribution in [0.4, 0.5) is 0 Å². The molecular weight excluding hydrogens is 479 g/mol. The lowest BCUT2D eigenvalue weighted by atomic mass is 10.2. The standard InChI is InChI=1S/C17H13Br2ClO5/c1-2-23-17(22)10-3-5-14(12(19)7-10)25-16(21)9-24-15-6-4-11(18)8-13(15)20/h3-8H,2,9H2,1H3. The van der Waals surface area contributed by atoms with Crippen molar-refractivity contribution < 1.29 is 23.8 Å². The predicted molar refractivity (Wildman–Crippen MR) is 100 cm³/mol. The van der Waals surface area contributed by atoms with E-state index in [1.807, 2.05) is 0 Å². The number of ether oxygens (including phenoxy) is 3. The normalized spacial score (nSPS) is 10.2. The highest BCUT2D eigenvalue weighted by molar-refractivity contribution is 9.10. The molecule has 0 N–H and O–H groups in total. The van der Waals surface area contributed by atoms with Crippen LogP contribution in [0.2, 0.25) is 5.02 Å². The summed E-state index contributed by atoms with van der Waals surface area (Å²) in [6.07, 6.45) is 0. The van der Waals surface area contributed by atoms with Gasteiger partial charge in [-0.25, -0.2) is 9.59 Å². The van der Waals surface area contributed by atoms with E-state index in [-0.39, 0.29) is 19.0 Å². The van der Waals surface area contributed by atoms with Gasteiger partial charge in [0, 0.05) is 4.47 Å². The molecule has 0 aliphatic carbocycles. The molecule has 0 aliphatic heterocycles. The molecule has 132 valence electrons. The number of hydrogen-bond acceptors (Lipinski definition) is 5. The van der Waals surface area contributed by atoms with Gasteiger partial charge in [-0.2, -0.15) is 0 Å². The molecule has 0 saturated carbocycles. The highest BCUT2D eigenvalue weighted by atomic mass is 79.9. The Labute approximate surface area is 166 Å². The Morgan fingerprint density at radius 2 is 1.80 bits per heavy atom. The monoisotopic (exact) mass is 490 g/mol. The first-order chi connectivity index (χ1) is 11.9. The molecule has 0 aliphatic rings. The summed E-state index contributed by atoms with van der Waals surface area (Å²) in [4.78, 5) is 23.6. The van der Waals surface area contributed by atoms with Crippen LogP contribution in [0.1, 0.15) is 17.3 Å². The quantitative estimate of drug-likeness (QED) is 0.418. The highest BCUT2D eigenvalue weighted by Crippen LogP contribution is 2.29. The second-order valence-electron chi connectivity index (χ2n) is 4.70. The van der Waals surface area contributed by atoms with Gasteiger partial charge in [0.2, 0.25) is 0 Å². The van der Waals surface area contributed by atoms with Crippen molar-refractivity contribution in [2.75, 3.05) is 13.2 Å². The smallest absolute Gasteiger partial charge is 0.349 e. The Morgan fingerprint density at radius 1 is 1.08 bits per heavy atom. The van der Waals surface area contributed by atoms with Gasteiger partial charge in [0.1, 0.15) is 11.5 Å². The predicted octanol–water partition coefficient (Wildman–Crippen LogP) is 5.03. The summed E-state index contributed by atoms with van der Waals surface area (Å²) in [7, 11) is 0. The molecule has 25 heavy (non-hydrogen) atoms. The van der Waals surface area contributed by atoms with Crippen molar-refractivity contribution in [3.8, 4) is 11.5 Å². The third-order valence-electron chi connectivity index (χ3n) is 2.91. The maximum atomic E-state index is 11.9. The number of benzene rings is 2. The van der Waals surface area contributed by atoms with E-state index in [1.54, 1.807) is 25.1 Å². The molecule has 0 spiro atoms. The van der Waals surface area contributed by atoms with Gasteiger partial charge in [-0.05, 0) is 59.3 Å². The first-order valence-electron chi connectivity index (χ1n) is 7.16. The molecule has 0 radical (unpaired) electrons. The van der Waals surface area contributed by atoms with Crippen molar-refractivity contribution in [2.24, 2.45) is 0 Å². The topological polar surface area (TPSA) is 61.8 Å². The minimum absolute atomic E-state index is 0.267. The fraction of sp³-hybridized carbons (Fsp3) is 0.176. The van der Waals surface area contributed by atoms with Crippen LogP contribution in [0.3, 0.4) is 0 Å². The highest BCUT2D eigenvalue weighted by Gasteiger charge is 2.14. The maximum absolute atomic E-state index is 11.9. The summed E-state index contributed by atoms with van der Waals surface area (Å²) in [5.41, 5.74) is 0.353. The van der Waals surface area contributed by atoms with Gasteiger partial charge in [0.05, 0.1) is 21.7 Å². The van der Waals surface area contributed by atoms with Crippen molar-refractivity contribution in [3.05, 3.63) is 55.9 Å². The zero-order valence-corrected chi connectivity index (χ0v) is 17.0. The molecule has 0 unspecified atom stereocenters. The summed E-state index contributed by atoms with van der Waals surface area (Å²) < 4.78 is 16.7. The molecule has 2 rings (SSSR count). The molecule has 8 heteroatoms. The van der Waals surface area contributed by atoms with Gasteiger partial charge in [0.15, 0.2) is 6.61 Å². The summed E-state index contributed by atoms with van der Waals surface area (Å²) in [6.45, 7) is 1.69. The molecule has 0 heterocycles. The Balaban J connectivity index is 1.97. The van der Waals surface area contributed by atoms with E-state index in [0.717, 1.165) is 4.47 Å². The van der Waals surface area contributed by atoms with E-state index in [9.17, 15) is 9.59 Å². The molecule has 2 aromatic rings. The Kier molecular flexibility index (Phi) is 7.28. The second kappa shape index (κ2) is 9.22. The van der Waals surface area contributed by atoms with Crippen LogP contribution in [-0.4, -0.2) is 25.2 Å². The van der Waals surface area contributed by atoms with Crippen LogP contribution < -0.4 is 9.47 Å². The molecular formula is C17H13Br2ClO5. The van der Waals surface area contributed by atoms with Gasteiger partial charge in [0.25, 0.3) is 0 Å². The molecule has 0 saturated heterocycles. The van der Waals surface area contributed by atoms with Crippen LogP contribution >= 0.6 is 43.5 Å². The largest absolute Gasteiger partial charge is 0.480 e. The van der Waals surface area contributed by atoms with Crippen LogP contribution in [0, 0.1) is 0 Å². The van der Waals surface area contributed by atoms with E-state index in [4.69, 9.17) is 25.8 Å². The van der Waals surface area contributed by atoms with E-state index in [1.165, 1.54) is 18.2 Å². The first kappa shape index (κ1) is 19.8. The third kappa shape index (κ3) is 5.73. The fourth-order valence-corrected chi connectivity index (χ4v) is 2.99. The van der Waals surface area contributed by atoms with Crippen LogP contribution in [0.5, 0.6) is 11.5 Å². The number of halogens is 3. The number of carbonyl (C=O) groups excluding carboxylic acids is 2. The number of hydrogen-bond donors (Lipinski definition) is 0. The number of esters is 2. The lowest BCUT2D eigenvalue weighted by molar-refractivity contribution is -0.136. The van der Waals surface area contributed by atoms with Crippen molar-refractivity contribution >= 4 is 55.4 Å². The van der Waals surface area contributed by atoms with E-state index in [0.29, 0.717) is 20.8 Å². The minimum Gasteiger partial charge on any atom is -0.480 e. The molecule has 0 atom stereocenters. The van der Waals surface area contributed by atoms with E-state index < -0.39 is 11.9 Å². The minimum atomic E-state index is -0.608. The third-order valence-corrected chi connectivity index (χ3v) is 4.31. The van der Waals surface area contributed by atoms with Gasteiger partial charge < -0.3 is 14.2 Å². The average Bonchev–Trinajstić information content (AvgIpc) is 2.56. The summed E-state index contributed by atoms with van der Waals surface area (Å²) in [5.74, 6) is -0.417. The lowest BCUT2D eigenvalue weighted by Gasteiger charge is -2.10. The van der Waals surface area contributed by atoms with Crippen LogP contribution in [0.15, 0.2) is 45.3 Å². The Hall–Kier alpha value is -1.57. The molecule has 2 aromatic carbocycles. The number of rotatable bonds is 6. The molecule has 0 aromatic heterocycles. The van der Waals surface area contributed by atoms with Crippen molar-refractivity contribution in [1.82, 2.24) is 0 Å². The number of carbonyl (C=O) groups is 2. The fourth-order valence-electron chi connectivity index (χ4n) is 1.81. The van der Waals surface area contributed by atoms with Gasteiger partial charge in [-0.15, -0.1) is 0 Å². The van der Waals surface area contributed by atoms with Gasteiger partial charge in [-0.3, -0.25) is 0 Å². The maximum Gasteiger partial charge on any atom is 0.349 e. The molecule has 0 fully saturated rings. The van der Waals surface area contributed by atoms with Crippen molar-refractivity contribution in [1.29, 1.82) is 0 Å². The van der Waals surface area contributed by atoms with Gasteiger partial charge in [-0.1, -0.05) is 27.5 Å². The summed E-state index contributed by atoms with van der Waals surface area (Å²) >= 11 is 12.6. The summed E-state index contributed by atoms with van der Waals surface area (Å²) in [6, 6.07) is 9.58. The summed E-state index contributed by atoms with van der Waals surface area (Å²) in [5, 5.41) is 0.377. The zero-order valence-electron chi connectivity index (χ0n) is 13.1.